The number of nitrogens with one attached hydrogen (secondary N) is 1. The largest absolute Gasteiger partial charge is 0.387 e. The first-order valence-corrected chi connectivity index (χ1v) is 6.02. The van der Waals surface area contributed by atoms with E-state index in [4.69, 9.17) is 0 Å². The summed E-state index contributed by atoms with van der Waals surface area (Å²) >= 11 is 3.00. The van der Waals surface area contributed by atoms with Gasteiger partial charge in [-0.05, 0) is 34.5 Å². The molecule has 0 bridgehead atoms. The molecule has 2 aromatic rings. The van der Waals surface area contributed by atoms with Crippen LogP contribution in [0.4, 0.5) is 14.5 Å². The van der Waals surface area contributed by atoms with Gasteiger partial charge in [-0.3, -0.25) is 0 Å². The molecule has 1 aromatic heterocycles. The minimum absolute atomic E-state index is 0.0643. The zero-order chi connectivity index (χ0) is 12.6. The fraction of sp³-hybridized carbons (Fsp3) is 0.250. The van der Waals surface area contributed by atoms with Crippen LogP contribution in [0.3, 0.4) is 0 Å². The van der Waals surface area contributed by atoms with Gasteiger partial charge in [-0.1, -0.05) is 6.92 Å². The zero-order valence-electron chi connectivity index (χ0n) is 9.44. The molecule has 1 aromatic carbocycles. The van der Waals surface area contributed by atoms with Crippen molar-refractivity contribution in [2.45, 2.75) is 13.3 Å². The molecule has 0 saturated carbocycles. The van der Waals surface area contributed by atoms with Crippen LogP contribution in [-0.2, 0) is 6.42 Å². The highest BCUT2D eigenvalue weighted by atomic mass is 79.9. The molecule has 0 spiro atoms. The van der Waals surface area contributed by atoms with Crippen molar-refractivity contribution in [3.63, 3.8) is 0 Å². The Morgan fingerprint density at radius 2 is 2.06 bits per heavy atom. The average Bonchev–Trinajstić information content (AvgIpc) is 2.34. The van der Waals surface area contributed by atoms with Crippen molar-refractivity contribution in [2.24, 2.45) is 0 Å². The maximum absolute atomic E-state index is 14.0. The lowest BCUT2D eigenvalue weighted by molar-refractivity contribution is 0.609. The van der Waals surface area contributed by atoms with Crippen molar-refractivity contribution in [1.29, 1.82) is 0 Å². The second-order valence-electron chi connectivity index (χ2n) is 3.64. The Labute approximate surface area is 106 Å². The molecule has 0 radical (unpaired) electrons. The fourth-order valence-electron chi connectivity index (χ4n) is 1.73. The number of fused-ring (bicyclic) bond motifs is 1. The molecular formula is C12H11BrF2N2. The van der Waals surface area contributed by atoms with E-state index >= 15 is 0 Å². The van der Waals surface area contributed by atoms with Gasteiger partial charge in [0.1, 0.15) is 11.3 Å². The van der Waals surface area contributed by atoms with E-state index in [1.165, 1.54) is 0 Å². The molecule has 17 heavy (non-hydrogen) atoms. The Bertz CT molecular complexity index is 584. The number of benzene rings is 1. The number of hydrogen-bond acceptors (Lipinski definition) is 2. The lowest BCUT2D eigenvalue weighted by atomic mass is 10.1. The fourth-order valence-corrected chi connectivity index (χ4v) is 2.13. The van der Waals surface area contributed by atoms with E-state index in [9.17, 15) is 8.78 Å². The van der Waals surface area contributed by atoms with E-state index in [1.807, 2.05) is 6.92 Å². The van der Waals surface area contributed by atoms with E-state index in [1.54, 1.807) is 13.1 Å². The van der Waals surface area contributed by atoms with Gasteiger partial charge in [0.05, 0.1) is 9.86 Å². The van der Waals surface area contributed by atoms with E-state index in [0.717, 1.165) is 11.8 Å². The standard InChI is InChI=1S/C12H11BrF2N2/c1-3-6-4-9(16-2)10-11(15)7(13)5-8(14)12(10)17-6/h4-5H,3H2,1-2H3,(H,16,17). The molecule has 1 heterocycles. The molecule has 0 aliphatic rings. The predicted molar refractivity (Wildman–Crippen MR) is 68.3 cm³/mol. The first kappa shape index (κ1) is 12.2. The number of halogens is 3. The van der Waals surface area contributed by atoms with Crippen molar-refractivity contribution in [3.8, 4) is 0 Å². The van der Waals surface area contributed by atoms with Crippen LogP contribution in [0.5, 0.6) is 0 Å². The number of aromatic nitrogens is 1. The SMILES string of the molecule is CCc1cc(NC)c2c(F)c(Br)cc(F)c2n1. The van der Waals surface area contributed by atoms with Crippen LogP contribution in [0.25, 0.3) is 10.9 Å². The van der Waals surface area contributed by atoms with Crippen LogP contribution < -0.4 is 5.32 Å². The Morgan fingerprint density at radius 3 is 2.65 bits per heavy atom. The summed E-state index contributed by atoms with van der Waals surface area (Å²) in [5.74, 6) is -1.03. The molecule has 2 nitrogen and oxygen atoms in total. The number of rotatable bonds is 2. The molecule has 0 aliphatic heterocycles. The number of hydrogen-bond donors (Lipinski definition) is 1. The van der Waals surface area contributed by atoms with Crippen molar-refractivity contribution in [3.05, 3.63) is 33.9 Å². The van der Waals surface area contributed by atoms with Crippen LogP contribution in [0, 0.1) is 11.6 Å². The molecule has 0 unspecified atom stereocenters. The number of pyridine rings is 1. The molecule has 5 heteroatoms. The van der Waals surface area contributed by atoms with Crippen molar-refractivity contribution < 1.29 is 8.78 Å². The second kappa shape index (κ2) is 4.56. The number of nitrogens with zero attached hydrogens (tertiary/aromatic N) is 1. The van der Waals surface area contributed by atoms with E-state index in [-0.39, 0.29) is 15.4 Å². The highest BCUT2D eigenvalue weighted by Crippen LogP contribution is 2.32. The molecular weight excluding hydrogens is 290 g/mol. The molecule has 0 fully saturated rings. The topological polar surface area (TPSA) is 24.9 Å². The first-order chi connectivity index (χ1) is 8.08. The van der Waals surface area contributed by atoms with Crippen LogP contribution in [0.2, 0.25) is 0 Å². The molecule has 2 rings (SSSR count). The summed E-state index contributed by atoms with van der Waals surface area (Å²) in [5, 5.41) is 3.05. The summed E-state index contributed by atoms with van der Waals surface area (Å²) in [6.07, 6.45) is 0.668. The third-order valence-electron chi connectivity index (χ3n) is 2.61. The Hall–Kier alpha value is -1.23. The Balaban J connectivity index is 2.93. The normalized spacial score (nSPS) is 10.9. The summed E-state index contributed by atoms with van der Waals surface area (Å²) in [6.45, 7) is 1.92. The molecule has 0 atom stereocenters. The number of aryl methyl sites for hydroxylation is 1. The van der Waals surface area contributed by atoms with Crippen molar-refractivity contribution >= 4 is 32.5 Å². The van der Waals surface area contributed by atoms with Gasteiger partial charge in [-0.15, -0.1) is 0 Å². The lowest BCUT2D eigenvalue weighted by Crippen LogP contribution is -2.00. The van der Waals surface area contributed by atoms with E-state index in [0.29, 0.717) is 12.1 Å². The number of anilines is 1. The maximum Gasteiger partial charge on any atom is 0.150 e. The summed E-state index contributed by atoms with van der Waals surface area (Å²) < 4.78 is 27.8. The minimum Gasteiger partial charge on any atom is -0.387 e. The Kier molecular flexibility index (Phi) is 3.28. The zero-order valence-corrected chi connectivity index (χ0v) is 11.0. The molecule has 90 valence electrons. The van der Waals surface area contributed by atoms with E-state index in [2.05, 4.69) is 26.2 Å². The van der Waals surface area contributed by atoms with Gasteiger partial charge < -0.3 is 5.32 Å². The van der Waals surface area contributed by atoms with Gasteiger partial charge in [0.2, 0.25) is 0 Å². The first-order valence-electron chi connectivity index (χ1n) is 5.23. The summed E-state index contributed by atoms with van der Waals surface area (Å²) in [7, 11) is 1.67. The van der Waals surface area contributed by atoms with Crippen LogP contribution in [0.1, 0.15) is 12.6 Å². The quantitative estimate of drug-likeness (QED) is 0.852. The van der Waals surface area contributed by atoms with Crippen LogP contribution >= 0.6 is 15.9 Å². The lowest BCUT2D eigenvalue weighted by Gasteiger charge is -2.10. The van der Waals surface area contributed by atoms with Crippen LogP contribution in [0.15, 0.2) is 16.6 Å². The van der Waals surface area contributed by atoms with Gasteiger partial charge in [0.25, 0.3) is 0 Å². The summed E-state index contributed by atoms with van der Waals surface area (Å²) in [5.41, 5.74) is 1.33. The highest BCUT2D eigenvalue weighted by Gasteiger charge is 2.16. The molecule has 0 saturated heterocycles. The predicted octanol–water partition coefficient (Wildman–Crippen LogP) is 3.88. The smallest absolute Gasteiger partial charge is 0.150 e. The monoisotopic (exact) mass is 300 g/mol. The van der Waals surface area contributed by atoms with Crippen molar-refractivity contribution in [2.75, 3.05) is 12.4 Å². The van der Waals surface area contributed by atoms with E-state index < -0.39 is 11.6 Å². The third-order valence-corrected chi connectivity index (χ3v) is 3.19. The second-order valence-corrected chi connectivity index (χ2v) is 4.50. The maximum atomic E-state index is 14.0. The molecule has 0 amide bonds. The van der Waals surface area contributed by atoms with Gasteiger partial charge in [-0.2, -0.15) is 0 Å². The molecule has 0 aliphatic carbocycles. The van der Waals surface area contributed by atoms with Gasteiger partial charge in [0, 0.05) is 18.4 Å². The highest BCUT2D eigenvalue weighted by molar-refractivity contribution is 9.10. The van der Waals surface area contributed by atoms with Crippen molar-refractivity contribution in [1.82, 2.24) is 4.98 Å². The van der Waals surface area contributed by atoms with Gasteiger partial charge in [0.15, 0.2) is 5.82 Å². The minimum atomic E-state index is -0.528. The van der Waals surface area contributed by atoms with Gasteiger partial charge >= 0.3 is 0 Å². The Morgan fingerprint density at radius 1 is 1.35 bits per heavy atom. The van der Waals surface area contributed by atoms with Gasteiger partial charge in [-0.25, -0.2) is 13.8 Å². The average molecular weight is 301 g/mol. The third kappa shape index (κ3) is 1.99. The summed E-state index contributed by atoms with van der Waals surface area (Å²) in [4.78, 5) is 4.13. The molecule has 1 N–H and O–H groups in total. The summed E-state index contributed by atoms with van der Waals surface area (Å²) in [6, 6.07) is 2.83. The van der Waals surface area contributed by atoms with Crippen LogP contribution in [-0.4, -0.2) is 12.0 Å².